The average Bonchev–Trinajstić information content (AvgIpc) is 3.49. The molecule has 0 aliphatic heterocycles. The Bertz CT molecular complexity index is 1840. The first-order valence-electron chi connectivity index (χ1n) is 34.0. The van der Waals surface area contributed by atoms with Crippen molar-refractivity contribution in [2.24, 2.45) is 0 Å². The zero-order chi connectivity index (χ0) is 59.9. The molecule has 0 saturated heterocycles. The first-order valence-corrected chi connectivity index (χ1v) is 34.0. The minimum Gasteiger partial charge on any atom is -0.462 e. The van der Waals surface area contributed by atoms with Crippen molar-refractivity contribution in [2.45, 2.75) is 297 Å². The van der Waals surface area contributed by atoms with Gasteiger partial charge in [-0.25, -0.2) is 0 Å². The Labute approximate surface area is 511 Å². The van der Waals surface area contributed by atoms with E-state index in [2.05, 4.69) is 179 Å². The van der Waals surface area contributed by atoms with Crippen LogP contribution in [0.2, 0.25) is 0 Å². The highest BCUT2D eigenvalue weighted by molar-refractivity contribution is 5.71. The second kappa shape index (κ2) is 69.5. The van der Waals surface area contributed by atoms with Crippen LogP contribution in [0.15, 0.2) is 158 Å². The van der Waals surface area contributed by atoms with Crippen LogP contribution in [0.5, 0.6) is 0 Å². The zero-order valence-corrected chi connectivity index (χ0v) is 53.7. The summed E-state index contributed by atoms with van der Waals surface area (Å²) in [4.78, 5) is 38.4. The van der Waals surface area contributed by atoms with Gasteiger partial charge in [0.2, 0.25) is 0 Å². The van der Waals surface area contributed by atoms with Crippen LogP contribution in [0.3, 0.4) is 0 Å². The lowest BCUT2D eigenvalue weighted by Crippen LogP contribution is -2.30. The van der Waals surface area contributed by atoms with Gasteiger partial charge in [0.15, 0.2) is 6.10 Å². The van der Waals surface area contributed by atoms with Gasteiger partial charge in [-0.3, -0.25) is 14.4 Å². The van der Waals surface area contributed by atoms with Crippen molar-refractivity contribution in [1.82, 2.24) is 0 Å². The molecule has 0 bridgehead atoms. The van der Waals surface area contributed by atoms with Crippen molar-refractivity contribution in [3.05, 3.63) is 158 Å². The predicted octanol–water partition coefficient (Wildman–Crippen LogP) is 23.7. The van der Waals surface area contributed by atoms with E-state index in [4.69, 9.17) is 14.2 Å². The van der Waals surface area contributed by atoms with Crippen molar-refractivity contribution in [1.29, 1.82) is 0 Å². The highest BCUT2D eigenvalue weighted by Gasteiger charge is 2.19. The number of allylic oxidation sites excluding steroid dienone is 26. The third kappa shape index (κ3) is 67.7. The maximum Gasteiger partial charge on any atom is 0.306 e. The van der Waals surface area contributed by atoms with Crippen molar-refractivity contribution in [3.63, 3.8) is 0 Å². The van der Waals surface area contributed by atoms with E-state index in [1.807, 2.05) is 0 Å². The van der Waals surface area contributed by atoms with Gasteiger partial charge in [-0.15, -0.1) is 0 Å². The van der Waals surface area contributed by atoms with E-state index < -0.39 is 6.10 Å². The molecule has 0 radical (unpaired) electrons. The lowest BCUT2D eigenvalue weighted by atomic mass is 10.0. The Morgan fingerprint density at radius 3 is 0.807 bits per heavy atom. The van der Waals surface area contributed by atoms with E-state index in [1.165, 1.54) is 116 Å². The topological polar surface area (TPSA) is 78.9 Å². The number of hydrogen-bond acceptors (Lipinski definition) is 6. The lowest BCUT2D eigenvalue weighted by molar-refractivity contribution is -0.167. The number of carbonyl (C=O) groups is 3. The minimum atomic E-state index is -0.825. The van der Waals surface area contributed by atoms with Crippen molar-refractivity contribution in [2.75, 3.05) is 13.2 Å². The molecule has 1 atom stereocenters. The third-order valence-corrected chi connectivity index (χ3v) is 14.0. The molecule has 0 fully saturated rings. The summed E-state index contributed by atoms with van der Waals surface area (Å²) < 4.78 is 16.9. The molecule has 0 N–H and O–H groups in total. The van der Waals surface area contributed by atoms with Gasteiger partial charge in [-0.05, 0) is 141 Å². The molecule has 468 valence electrons. The third-order valence-electron chi connectivity index (χ3n) is 14.0. The van der Waals surface area contributed by atoms with Crippen molar-refractivity contribution < 1.29 is 28.6 Å². The lowest BCUT2D eigenvalue weighted by Gasteiger charge is -2.18. The Morgan fingerprint density at radius 2 is 0.482 bits per heavy atom. The molecule has 0 spiro atoms. The molecule has 0 saturated carbocycles. The molecule has 1 unspecified atom stereocenters. The van der Waals surface area contributed by atoms with Crippen LogP contribution in [0, 0.1) is 0 Å². The fourth-order valence-electron chi connectivity index (χ4n) is 8.98. The zero-order valence-electron chi connectivity index (χ0n) is 53.7. The maximum atomic E-state index is 13.0. The molecule has 83 heavy (non-hydrogen) atoms. The number of ether oxygens (including phenoxy) is 3. The fourth-order valence-corrected chi connectivity index (χ4v) is 8.98. The van der Waals surface area contributed by atoms with E-state index in [1.54, 1.807) is 0 Å². The molecule has 0 aliphatic rings. The molecular formula is C77H124O6. The van der Waals surface area contributed by atoms with E-state index in [9.17, 15) is 14.4 Å². The van der Waals surface area contributed by atoms with Crippen LogP contribution in [0.1, 0.15) is 290 Å². The maximum absolute atomic E-state index is 13.0. The largest absolute Gasteiger partial charge is 0.462 e. The molecular weight excluding hydrogens is 1020 g/mol. The SMILES string of the molecule is CC/C=C\C/C=C\C/C=C\C/C=C\C/C=C\C/C=C\C/C=C\CCCCCC(=O)OCC(COC(=O)CCC/C=C\C/C=C\C/C=C\C/C=C\C/C=C\CC)OC(=O)CCCCCCCCCCCCC/C=C\CCCCCCCCCC. The first-order chi connectivity index (χ1) is 41.0. The molecule has 0 amide bonds. The number of hydrogen-bond donors (Lipinski definition) is 0. The summed E-state index contributed by atoms with van der Waals surface area (Å²) in [5, 5.41) is 0. The Balaban J connectivity index is 4.52. The first kappa shape index (κ1) is 78.0. The van der Waals surface area contributed by atoms with Crippen LogP contribution in [0.4, 0.5) is 0 Å². The Morgan fingerprint density at radius 1 is 0.253 bits per heavy atom. The summed E-state index contributed by atoms with van der Waals surface area (Å²) >= 11 is 0. The van der Waals surface area contributed by atoms with Crippen LogP contribution in [0.25, 0.3) is 0 Å². The normalized spacial score (nSPS) is 13.1. The standard InChI is InChI=1S/C77H124O6/c1-4-7-10-13-16-19-22-25-28-31-33-35-37-38-40-41-43-46-49-52-55-58-61-64-67-70-76(79)82-73-74(72-81-75(78)69-66-63-60-57-54-51-48-45-30-27-24-21-18-15-12-9-6-3)83-77(80)71-68-65-62-59-56-53-50-47-44-42-39-36-34-32-29-26-23-20-17-14-11-8-5-2/h7,9-10,12,16,18-19,21,25,27-28,30,32-35,38,40,43,46,48,51-52,55,57,60,74H,4-6,8,11,13-15,17,20,22-24,26,29,31,36-37,39,41-42,44-45,47,49-50,53-54,56,58-59,61-73H2,1-3H3/b10-7-,12-9-,19-16-,21-18-,28-25-,30-27-,34-32-,35-33-,40-38-,46-43-,51-48-,55-52-,60-57-. The second-order valence-corrected chi connectivity index (χ2v) is 22.0. The smallest absolute Gasteiger partial charge is 0.306 e. The molecule has 6 nitrogen and oxygen atoms in total. The van der Waals surface area contributed by atoms with Gasteiger partial charge in [0.05, 0.1) is 0 Å². The van der Waals surface area contributed by atoms with Crippen molar-refractivity contribution >= 4 is 17.9 Å². The summed E-state index contributed by atoms with van der Waals surface area (Å²) in [6.45, 7) is 6.35. The number of carbonyl (C=O) groups excluding carboxylic acids is 3. The van der Waals surface area contributed by atoms with Gasteiger partial charge in [0.25, 0.3) is 0 Å². The van der Waals surface area contributed by atoms with Crippen molar-refractivity contribution in [3.8, 4) is 0 Å². The highest BCUT2D eigenvalue weighted by Crippen LogP contribution is 2.15. The fraction of sp³-hybridized carbons (Fsp3) is 0.623. The quantitative estimate of drug-likeness (QED) is 0.0261. The molecule has 0 aromatic carbocycles. The number of rotatable bonds is 60. The van der Waals surface area contributed by atoms with Gasteiger partial charge in [0.1, 0.15) is 13.2 Å². The van der Waals surface area contributed by atoms with Crippen LogP contribution in [-0.4, -0.2) is 37.2 Å². The van der Waals surface area contributed by atoms with Crippen LogP contribution >= 0.6 is 0 Å². The molecule has 0 aliphatic carbocycles. The van der Waals surface area contributed by atoms with E-state index in [0.29, 0.717) is 19.3 Å². The summed E-state index contributed by atoms with van der Waals surface area (Å²) in [5.41, 5.74) is 0. The Kier molecular flexibility index (Phi) is 65.4. The van der Waals surface area contributed by atoms with E-state index >= 15 is 0 Å². The number of esters is 3. The average molecular weight is 1150 g/mol. The van der Waals surface area contributed by atoms with Gasteiger partial charge in [0, 0.05) is 19.3 Å². The summed E-state index contributed by atoms with van der Waals surface area (Å²) in [6, 6.07) is 0. The molecule has 6 heteroatoms. The number of unbranched alkanes of at least 4 members (excludes halogenated alkanes) is 23. The molecule has 0 aromatic rings. The van der Waals surface area contributed by atoms with Crippen LogP contribution < -0.4 is 0 Å². The van der Waals surface area contributed by atoms with Gasteiger partial charge >= 0.3 is 17.9 Å². The van der Waals surface area contributed by atoms with Crippen LogP contribution in [-0.2, 0) is 28.6 Å². The summed E-state index contributed by atoms with van der Waals surface area (Å²) in [6.07, 6.45) is 101. The van der Waals surface area contributed by atoms with E-state index in [0.717, 1.165) is 128 Å². The molecule has 0 aromatic heterocycles. The molecule has 0 heterocycles. The van der Waals surface area contributed by atoms with E-state index in [-0.39, 0.29) is 37.5 Å². The minimum absolute atomic E-state index is 0.119. The monoisotopic (exact) mass is 1140 g/mol. The highest BCUT2D eigenvalue weighted by atomic mass is 16.6. The van der Waals surface area contributed by atoms with Gasteiger partial charge in [-0.1, -0.05) is 288 Å². The Hall–Kier alpha value is -4.97. The summed E-state index contributed by atoms with van der Waals surface area (Å²) in [7, 11) is 0. The van der Waals surface area contributed by atoms with Gasteiger partial charge < -0.3 is 14.2 Å². The van der Waals surface area contributed by atoms with Gasteiger partial charge in [-0.2, -0.15) is 0 Å². The summed E-state index contributed by atoms with van der Waals surface area (Å²) in [5.74, 6) is -1.01. The molecule has 0 rings (SSSR count). The predicted molar refractivity (Wildman–Crippen MR) is 362 cm³/mol. The second-order valence-electron chi connectivity index (χ2n) is 22.0.